The molecule has 172 valence electrons. The Morgan fingerprint density at radius 1 is 0.556 bits per heavy atom. The van der Waals surface area contributed by atoms with Gasteiger partial charge in [-0.3, -0.25) is 0 Å². The summed E-state index contributed by atoms with van der Waals surface area (Å²) < 4.78 is 83.1. The summed E-state index contributed by atoms with van der Waals surface area (Å²) >= 11 is 0. The first kappa shape index (κ1) is 26.4. The SMILES string of the molecule is N#CC(c1c(C#N)cc(C#N)c(C(F)(F)F)c1C(F)(F)F)=c1cc(C#N)c(=C(C#N)C#N)c(C#N)c1. The van der Waals surface area contributed by atoms with E-state index in [4.69, 9.17) is 15.8 Å². The van der Waals surface area contributed by atoms with Crippen LogP contribution in [-0.4, -0.2) is 0 Å². The molecule has 0 unspecified atom stereocenters. The van der Waals surface area contributed by atoms with Crippen molar-refractivity contribution < 1.29 is 26.3 Å². The molecule has 0 aromatic heterocycles. The number of nitriles is 7. The number of halogens is 6. The second kappa shape index (κ2) is 9.59. The van der Waals surface area contributed by atoms with Gasteiger partial charge in [0.25, 0.3) is 0 Å². The summed E-state index contributed by atoms with van der Waals surface area (Å²) in [5, 5.41) is 64.0. The minimum atomic E-state index is -5.82. The highest BCUT2D eigenvalue weighted by Gasteiger charge is 2.48. The summed E-state index contributed by atoms with van der Waals surface area (Å²) in [5.41, 5.74) is -12.2. The van der Waals surface area contributed by atoms with Crippen LogP contribution >= 0.6 is 0 Å². The van der Waals surface area contributed by atoms with Crippen LogP contribution in [0.15, 0.2) is 18.2 Å². The lowest BCUT2D eigenvalue weighted by atomic mass is 9.86. The van der Waals surface area contributed by atoms with Gasteiger partial charge in [0.2, 0.25) is 0 Å². The van der Waals surface area contributed by atoms with Crippen LogP contribution in [0.2, 0.25) is 0 Å². The molecule has 0 N–H and O–H groups in total. The van der Waals surface area contributed by atoms with Crippen molar-refractivity contribution in [2.75, 3.05) is 0 Å². The van der Waals surface area contributed by atoms with Crippen LogP contribution in [0, 0.1) is 79.3 Å². The molecule has 0 fully saturated rings. The average Bonchev–Trinajstić information content (AvgIpc) is 2.83. The van der Waals surface area contributed by atoms with Crippen molar-refractivity contribution in [2.45, 2.75) is 12.4 Å². The fraction of sp³-hybridized carbons (Fsp3) is 0.0870. The van der Waals surface area contributed by atoms with E-state index in [1.807, 2.05) is 0 Å². The molecule has 0 aliphatic heterocycles. The minimum Gasteiger partial charge on any atom is -0.192 e. The molecule has 0 spiro atoms. The maximum atomic E-state index is 14.0. The van der Waals surface area contributed by atoms with Crippen molar-refractivity contribution in [1.82, 2.24) is 0 Å². The monoisotopic (exact) mass is 491 g/mol. The number of hydrogen-bond donors (Lipinski definition) is 0. The Morgan fingerprint density at radius 3 is 1.33 bits per heavy atom. The quantitative estimate of drug-likeness (QED) is 0.552. The molecular weight excluding hydrogens is 488 g/mol. The molecule has 2 aromatic carbocycles. The highest BCUT2D eigenvalue weighted by molar-refractivity contribution is 5.84. The standard InChI is InChI=1S/C23H3F6N7/c24-22(25,26)20-15(7-33)3-14(6-32)19(21(20)23(27,28)29)17(10-36)11-1-12(4-30)18(13(2-11)5-31)16(8-34)9-35/h1-3H. The van der Waals surface area contributed by atoms with Crippen molar-refractivity contribution in [1.29, 1.82) is 36.8 Å². The van der Waals surface area contributed by atoms with Crippen molar-refractivity contribution in [3.63, 3.8) is 0 Å². The van der Waals surface area contributed by atoms with E-state index in [0.717, 1.165) is 6.07 Å². The zero-order valence-electron chi connectivity index (χ0n) is 17.1. The van der Waals surface area contributed by atoms with E-state index in [2.05, 4.69) is 0 Å². The molecule has 0 saturated carbocycles. The maximum Gasteiger partial charge on any atom is 0.418 e. The highest BCUT2D eigenvalue weighted by atomic mass is 19.4. The van der Waals surface area contributed by atoms with Crippen molar-refractivity contribution in [3.8, 4) is 42.5 Å². The smallest absolute Gasteiger partial charge is 0.192 e. The molecule has 0 radical (unpaired) electrons. The largest absolute Gasteiger partial charge is 0.418 e. The predicted molar refractivity (Wildman–Crippen MR) is 104 cm³/mol. The molecule has 0 saturated heterocycles. The molecule has 0 bridgehead atoms. The number of alkyl halides is 6. The van der Waals surface area contributed by atoms with E-state index in [0.29, 0.717) is 12.1 Å². The van der Waals surface area contributed by atoms with E-state index in [-0.39, 0.29) is 6.07 Å². The second-order valence-electron chi connectivity index (χ2n) is 6.57. The van der Waals surface area contributed by atoms with Gasteiger partial charge in [-0.05, 0) is 23.4 Å². The van der Waals surface area contributed by atoms with Crippen molar-refractivity contribution in [2.24, 2.45) is 0 Å². The Bertz CT molecular complexity index is 1670. The summed E-state index contributed by atoms with van der Waals surface area (Å²) in [6.07, 6.45) is -11.6. The van der Waals surface area contributed by atoms with Gasteiger partial charge in [-0.15, -0.1) is 0 Å². The van der Waals surface area contributed by atoms with Gasteiger partial charge in [-0.1, -0.05) is 0 Å². The first-order chi connectivity index (χ1) is 16.8. The van der Waals surface area contributed by atoms with E-state index < -0.39 is 72.9 Å². The molecule has 0 heterocycles. The number of hydrogen-bond acceptors (Lipinski definition) is 7. The summed E-state index contributed by atoms with van der Waals surface area (Å²) in [5.74, 6) is 0. The Labute approximate surface area is 197 Å². The molecule has 36 heavy (non-hydrogen) atoms. The van der Waals surface area contributed by atoms with E-state index in [9.17, 15) is 47.4 Å². The van der Waals surface area contributed by atoms with Gasteiger partial charge in [-0.2, -0.15) is 63.2 Å². The first-order valence-electron chi connectivity index (χ1n) is 8.93. The predicted octanol–water partition coefficient (Wildman–Crippen LogP) is 3.13. The van der Waals surface area contributed by atoms with Crippen LogP contribution in [0.4, 0.5) is 26.3 Å². The summed E-state index contributed by atoms with van der Waals surface area (Å²) in [6.45, 7) is 0. The molecule has 0 aliphatic rings. The van der Waals surface area contributed by atoms with Gasteiger partial charge < -0.3 is 0 Å². The van der Waals surface area contributed by atoms with Crippen LogP contribution in [0.3, 0.4) is 0 Å². The third-order valence-electron chi connectivity index (χ3n) is 4.64. The topological polar surface area (TPSA) is 167 Å². The van der Waals surface area contributed by atoms with Crippen LogP contribution in [0.5, 0.6) is 0 Å². The third-order valence-corrected chi connectivity index (χ3v) is 4.64. The van der Waals surface area contributed by atoms with E-state index >= 15 is 0 Å². The van der Waals surface area contributed by atoms with Crippen molar-refractivity contribution in [3.05, 3.63) is 67.6 Å². The maximum absolute atomic E-state index is 14.0. The van der Waals surface area contributed by atoms with E-state index in [1.165, 1.54) is 36.4 Å². The molecule has 0 atom stereocenters. The lowest BCUT2D eigenvalue weighted by Gasteiger charge is -2.21. The summed E-state index contributed by atoms with van der Waals surface area (Å²) in [7, 11) is 0. The molecule has 13 heteroatoms. The fourth-order valence-electron chi connectivity index (χ4n) is 3.33. The lowest BCUT2D eigenvalue weighted by molar-refractivity contribution is -0.162. The molecule has 0 amide bonds. The molecule has 0 aliphatic carbocycles. The fourth-order valence-corrected chi connectivity index (χ4v) is 3.33. The summed E-state index contributed by atoms with van der Waals surface area (Å²) in [4.78, 5) is 0. The van der Waals surface area contributed by atoms with Gasteiger partial charge in [0.1, 0.15) is 23.8 Å². The molecule has 2 rings (SSSR count). The van der Waals surface area contributed by atoms with Crippen molar-refractivity contribution >= 4 is 11.1 Å². The van der Waals surface area contributed by atoms with Crippen LogP contribution in [0.25, 0.3) is 11.1 Å². The number of nitrogens with zero attached hydrogens (tertiary/aromatic N) is 7. The molecular formula is C23H3F6N7. The Balaban J connectivity index is 3.45. The lowest BCUT2D eigenvalue weighted by Crippen LogP contribution is -2.25. The Kier molecular flexibility index (Phi) is 7.04. The third kappa shape index (κ3) is 4.48. The molecule has 2 aromatic rings. The van der Waals surface area contributed by atoms with Gasteiger partial charge in [0.05, 0.1) is 63.2 Å². The average molecular weight is 491 g/mol. The van der Waals surface area contributed by atoms with Gasteiger partial charge >= 0.3 is 12.4 Å². The zero-order valence-corrected chi connectivity index (χ0v) is 17.1. The van der Waals surface area contributed by atoms with Gasteiger partial charge in [0.15, 0.2) is 0 Å². The Morgan fingerprint density at radius 2 is 1.00 bits per heavy atom. The second-order valence-corrected chi connectivity index (χ2v) is 6.57. The van der Waals surface area contributed by atoms with Gasteiger partial charge in [0, 0.05) is 10.8 Å². The first-order valence-corrected chi connectivity index (χ1v) is 8.93. The van der Waals surface area contributed by atoms with E-state index in [1.54, 1.807) is 0 Å². The normalized spacial score (nSPS) is 10.3. The zero-order chi connectivity index (χ0) is 27.4. The molecule has 7 nitrogen and oxygen atoms in total. The van der Waals surface area contributed by atoms with Crippen LogP contribution in [0.1, 0.15) is 38.9 Å². The van der Waals surface area contributed by atoms with Gasteiger partial charge in [-0.25, -0.2) is 0 Å². The minimum absolute atomic E-state index is 0.243. The Hall–Kier alpha value is -5.81. The number of benzene rings is 2. The summed E-state index contributed by atoms with van der Waals surface area (Å²) in [6, 6.07) is 11.0. The van der Waals surface area contributed by atoms with Crippen LogP contribution in [-0.2, 0) is 12.4 Å². The number of rotatable bonds is 1. The van der Waals surface area contributed by atoms with Crippen LogP contribution < -0.4 is 10.4 Å². The highest BCUT2D eigenvalue weighted by Crippen LogP contribution is 2.46.